The second-order valence-electron chi connectivity index (χ2n) is 11.8. The molecule has 11 atom stereocenters. The maximum absolute atomic E-state index is 11.3. The molecule has 4 aliphatic carbocycles. The van der Waals surface area contributed by atoms with Crippen molar-refractivity contribution < 1.29 is 25.2 Å². The summed E-state index contributed by atoms with van der Waals surface area (Å²) in [6, 6.07) is 0. The summed E-state index contributed by atoms with van der Waals surface area (Å²) in [4.78, 5) is 10.9. The van der Waals surface area contributed by atoms with Crippen LogP contribution < -0.4 is 0 Å². The van der Waals surface area contributed by atoms with Crippen LogP contribution in [-0.2, 0) is 4.79 Å². The Hall–Kier alpha value is -0.650. The molecular formula is C25H42O5. The van der Waals surface area contributed by atoms with E-state index in [1.54, 1.807) is 0 Å². The third kappa shape index (κ3) is 3.44. The van der Waals surface area contributed by atoms with Crippen molar-refractivity contribution in [2.24, 2.45) is 46.3 Å². The molecule has 4 aliphatic rings. The van der Waals surface area contributed by atoms with Gasteiger partial charge < -0.3 is 20.4 Å². The fourth-order valence-corrected chi connectivity index (χ4v) is 8.99. The minimum atomic E-state index is -0.736. The number of fused-ring (bicyclic) bond motifs is 5. The molecule has 0 aromatic rings. The number of aliphatic hydroxyl groups is 3. The molecule has 4 saturated carbocycles. The highest BCUT2D eigenvalue weighted by molar-refractivity contribution is 5.66. The molecule has 0 bridgehead atoms. The van der Waals surface area contributed by atoms with Gasteiger partial charge in [-0.2, -0.15) is 0 Å². The summed E-state index contributed by atoms with van der Waals surface area (Å²) < 4.78 is 0. The van der Waals surface area contributed by atoms with Crippen LogP contribution in [0.5, 0.6) is 0 Å². The molecule has 4 rings (SSSR count). The molecule has 0 heterocycles. The van der Waals surface area contributed by atoms with E-state index in [9.17, 15) is 20.1 Å². The van der Waals surface area contributed by atoms with Crippen LogP contribution in [0.1, 0.15) is 85.0 Å². The quantitative estimate of drug-likeness (QED) is 0.540. The second-order valence-corrected chi connectivity index (χ2v) is 11.8. The third-order valence-corrected chi connectivity index (χ3v) is 10.5. The topological polar surface area (TPSA) is 98.0 Å². The highest BCUT2D eigenvalue weighted by atomic mass is 16.4. The fraction of sp³-hybridized carbons (Fsp3) is 0.960. The lowest BCUT2D eigenvalue weighted by Crippen LogP contribution is -2.64. The van der Waals surface area contributed by atoms with E-state index in [1.807, 2.05) is 0 Å². The number of carboxylic acid groups (broad SMARTS) is 1. The lowest BCUT2D eigenvalue weighted by atomic mass is 9.43. The zero-order valence-corrected chi connectivity index (χ0v) is 19.0. The number of hydrogen-bond acceptors (Lipinski definition) is 4. The molecule has 0 aliphatic heterocycles. The number of carbonyl (C=O) groups is 1. The minimum absolute atomic E-state index is 0.00556. The van der Waals surface area contributed by atoms with Gasteiger partial charge in [-0.15, -0.1) is 0 Å². The van der Waals surface area contributed by atoms with Gasteiger partial charge in [0.2, 0.25) is 0 Å². The number of rotatable bonds is 5. The van der Waals surface area contributed by atoms with Gasteiger partial charge in [0, 0.05) is 6.42 Å². The minimum Gasteiger partial charge on any atom is -0.481 e. The molecule has 5 nitrogen and oxygen atoms in total. The Kier molecular flexibility index (Phi) is 6.04. The molecular weight excluding hydrogens is 380 g/mol. The molecule has 0 spiro atoms. The Morgan fingerprint density at radius 2 is 1.60 bits per heavy atom. The highest BCUT2D eigenvalue weighted by Gasteiger charge is 2.65. The van der Waals surface area contributed by atoms with Crippen LogP contribution in [0.15, 0.2) is 0 Å². The third-order valence-electron chi connectivity index (χ3n) is 10.5. The summed E-state index contributed by atoms with van der Waals surface area (Å²) in [5.74, 6) is 1.35. The molecule has 0 aromatic heterocycles. The zero-order chi connectivity index (χ0) is 21.8. The standard InChI is InChI=1S/C25H42O5/c1-14(5-4-6-20(27)28)16-7-8-17-21-18(10-12-24(16,17)2)25(3)11-9-15(26)13-19(25)22(29)23(21)30/h14-19,21-23,26,29-30H,4-13H2,1-3H3,(H,27,28)/t14-,15-,16-,17+,18+,19+,21+,22+,23+,24-,25-/m1/s1. The first-order chi connectivity index (χ1) is 14.1. The van der Waals surface area contributed by atoms with Crippen molar-refractivity contribution in [3.63, 3.8) is 0 Å². The van der Waals surface area contributed by atoms with Gasteiger partial charge in [0.1, 0.15) is 0 Å². The van der Waals surface area contributed by atoms with E-state index in [2.05, 4.69) is 20.8 Å². The normalized spacial score (nSPS) is 51.5. The molecule has 5 heteroatoms. The maximum Gasteiger partial charge on any atom is 0.303 e. The van der Waals surface area contributed by atoms with Crippen molar-refractivity contribution in [3.8, 4) is 0 Å². The lowest BCUT2D eigenvalue weighted by Gasteiger charge is -2.63. The van der Waals surface area contributed by atoms with Crippen molar-refractivity contribution >= 4 is 5.97 Å². The summed E-state index contributed by atoms with van der Waals surface area (Å²) in [7, 11) is 0. The predicted molar refractivity (Wildman–Crippen MR) is 115 cm³/mol. The predicted octanol–water partition coefficient (Wildman–Crippen LogP) is 3.84. The van der Waals surface area contributed by atoms with Crippen molar-refractivity contribution in [2.45, 2.75) is 103 Å². The molecule has 172 valence electrons. The Labute approximate surface area is 181 Å². The van der Waals surface area contributed by atoms with Gasteiger partial charge in [0.15, 0.2) is 0 Å². The molecule has 0 amide bonds. The summed E-state index contributed by atoms with van der Waals surface area (Å²) in [5.41, 5.74) is 0.178. The number of aliphatic carboxylic acids is 1. The summed E-state index contributed by atoms with van der Waals surface area (Å²) in [6.45, 7) is 7.02. The molecule has 0 radical (unpaired) electrons. The second kappa shape index (κ2) is 8.04. The molecule has 4 fully saturated rings. The Morgan fingerprint density at radius 1 is 0.933 bits per heavy atom. The molecule has 0 unspecified atom stereocenters. The van der Waals surface area contributed by atoms with Crippen LogP contribution in [0.4, 0.5) is 0 Å². The first-order valence-corrected chi connectivity index (χ1v) is 12.4. The van der Waals surface area contributed by atoms with Gasteiger partial charge >= 0.3 is 5.97 Å². The van der Waals surface area contributed by atoms with Crippen LogP contribution in [0.2, 0.25) is 0 Å². The van der Waals surface area contributed by atoms with Crippen LogP contribution >= 0.6 is 0 Å². The SMILES string of the molecule is C[C@H](CCCC(=O)O)[C@H]1CC[C@H]2[C@@H]3[C@H](O)[C@@H](O)[C@@H]4C[C@H](O)CC[C@]4(C)[C@H]3CC[C@]12C. The monoisotopic (exact) mass is 422 g/mol. The van der Waals surface area contributed by atoms with Gasteiger partial charge in [-0.3, -0.25) is 4.79 Å². The van der Waals surface area contributed by atoms with Crippen molar-refractivity contribution in [2.75, 3.05) is 0 Å². The van der Waals surface area contributed by atoms with E-state index in [0.717, 1.165) is 44.9 Å². The Bertz CT molecular complexity index is 651. The molecule has 0 aromatic carbocycles. The average molecular weight is 423 g/mol. The van der Waals surface area contributed by atoms with Gasteiger partial charge in [-0.1, -0.05) is 20.8 Å². The summed E-state index contributed by atoms with van der Waals surface area (Å²) in [6.07, 6.45) is 7.07. The first-order valence-electron chi connectivity index (χ1n) is 12.4. The average Bonchev–Trinajstić information content (AvgIpc) is 3.04. The van der Waals surface area contributed by atoms with Gasteiger partial charge in [-0.05, 0) is 104 Å². The van der Waals surface area contributed by atoms with E-state index >= 15 is 0 Å². The largest absolute Gasteiger partial charge is 0.481 e. The zero-order valence-electron chi connectivity index (χ0n) is 19.0. The smallest absolute Gasteiger partial charge is 0.303 e. The van der Waals surface area contributed by atoms with E-state index in [4.69, 9.17) is 5.11 Å². The van der Waals surface area contributed by atoms with Crippen LogP contribution in [0.3, 0.4) is 0 Å². The fourth-order valence-electron chi connectivity index (χ4n) is 8.99. The van der Waals surface area contributed by atoms with E-state index in [-0.39, 0.29) is 35.2 Å². The van der Waals surface area contributed by atoms with E-state index in [0.29, 0.717) is 30.1 Å². The Balaban J connectivity index is 1.55. The molecule has 30 heavy (non-hydrogen) atoms. The summed E-state index contributed by atoms with van der Waals surface area (Å²) >= 11 is 0. The number of aliphatic hydroxyl groups excluding tert-OH is 3. The maximum atomic E-state index is 11.3. The van der Waals surface area contributed by atoms with Crippen molar-refractivity contribution in [1.29, 1.82) is 0 Å². The molecule has 4 N–H and O–H groups in total. The van der Waals surface area contributed by atoms with Crippen LogP contribution in [0, 0.1) is 46.3 Å². The van der Waals surface area contributed by atoms with Crippen LogP contribution in [-0.4, -0.2) is 44.7 Å². The van der Waals surface area contributed by atoms with Gasteiger partial charge in [0.05, 0.1) is 18.3 Å². The van der Waals surface area contributed by atoms with Gasteiger partial charge in [0.25, 0.3) is 0 Å². The number of carboxylic acids is 1. The number of hydrogen-bond donors (Lipinski definition) is 4. The van der Waals surface area contributed by atoms with E-state index < -0.39 is 18.2 Å². The first kappa shape index (κ1) is 22.5. The van der Waals surface area contributed by atoms with Crippen molar-refractivity contribution in [3.05, 3.63) is 0 Å². The van der Waals surface area contributed by atoms with E-state index in [1.165, 1.54) is 6.42 Å². The Morgan fingerprint density at radius 3 is 2.30 bits per heavy atom. The summed E-state index contributed by atoms with van der Waals surface area (Å²) in [5, 5.41) is 41.6. The van der Waals surface area contributed by atoms with Crippen LogP contribution in [0.25, 0.3) is 0 Å². The molecule has 0 saturated heterocycles. The lowest BCUT2D eigenvalue weighted by molar-refractivity contribution is -0.223. The highest BCUT2D eigenvalue weighted by Crippen LogP contribution is 2.68. The van der Waals surface area contributed by atoms with Gasteiger partial charge in [-0.25, -0.2) is 0 Å². The van der Waals surface area contributed by atoms with Crippen molar-refractivity contribution in [1.82, 2.24) is 0 Å².